The summed E-state index contributed by atoms with van der Waals surface area (Å²) in [5.74, 6) is -0.367. The first-order valence-electron chi connectivity index (χ1n) is 6.58. The number of nitrogens with one attached hydrogen (secondary N) is 3. The maximum absolute atomic E-state index is 12.9. The lowest BCUT2D eigenvalue weighted by molar-refractivity contribution is -0.118. The average Bonchev–Trinajstić information content (AvgIpc) is 2.40. The predicted molar refractivity (Wildman–Crippen MR) is 74.8 cm³/mol. The molecule has 1 aromatic rings. The molecule has 110 valence electrons. The van der Waals surface area contributed by atoms with Crippen molar-refractivity contribution in [3.63, 3.8) is 0 Å². The Morgan fingerprint density at radius 2 is 1.80 bits per heavy atom. The number of carbonyl (C=O) groups excluding carboxylic acids is 2. The summed E-state index contributed by atoms with van der Waals surface area (Å²) in [6.45, 7) is 2.73. The van der Waals surface area contributed by atoms with E-state index in [0.717, 1.165) is 12.0 Å². The smallest absolute Gasteiger partial charge is 0.314 e. The van der Waals surface area contributed by atoms with Crippen LogP contribution in [0.4, 0.5) is 9.18 Å². The molecule has 0 saturated heterocycles. The number of aryl methyl sites for hydroxylation is 1. The van der Waals surface area contributed by atoms with Crippen LogP contribution in [0.1, 0.15) is 18.9 Å². The monoisotopic (exact) mass is 281 g/mol. The minimum absolute atomic E-state index is 0.123. The van der Waals surface area contributed by atoms with Crippen LogP contribution in [0.5, 0.6) is 0 Å². The number of carbonyl (C=O) groups is 2. The highest BCUT2D eigenvalue weighted by molar-refractivity contribution is 5.74. The van der Waals surface area contributed by atoms with E-state index in [1.807, 2.05) is 6.07 Å². The molecule has 3 N–H and O–H groups in total. The van der Waals surface area contributed by atoms with Crippen molar-refractivity contribution in [2.24, 2.45) is 0 Å². The van der Waals surface area contributed by atoms with Gasteiger partial charge in [-0.3, -0.25) is 4.79 Å². The Morgan fingerprint density at radius 1 is 1.10 bits per heavy atom. The second kappa shape index (κ2) is 8.90. The summed E-state index contributed by atoms with van der Waals surface area (Å²) >= 11 is 0. The molecule has 0 spiro atoms. The van der Waals surface area contributed by atoms with Gasteiger partial charge >= 0.3 is 6.03 Å². The molecular formula is C14H20FN3O2. The molecule has 0 atom stereocenters. The second-order valence-corrected chi connectivity index (χ2v) is 4.40. The lowest BCUT2D eigenvalue weighted by Crippen LogP contribution is -2.40. The fraction of sp³-hybridized carbons (Fsp3) is 0.429. The van der Waals surface area contributed by atoms with E-state index in [-0.39, 0.29) is 17.8 Å². The lowest BCUT2D eigenvalue weighted by atomic mass is 10.1. The largest absolute Gasteiger partial charge is 0.355 e. The topological polar surface area (TPSA) is 70.2 Å². The van der Waals surface area contributed by atoms with Crippen LogP contribution in [0.15, 0.2) is 24.3 Å². The van der Waals surface area contributed by atoms with Gasteiger partial charge in [0.2, 0.25) is 5.91 Å². The predicted octanol–water partition coefficient (Wildman–Crippen LogP) is 1.19. The fourth-order valence-electron chi connectivity index (χ4n) is 1.66. The Labute approximate surface area is 117 Å². The molecule has 0 aliphatic carbocycles. The SMILES string of the molecule is CC(=O)NCCNC(=O)NCCCc1cccc(F)c1. The van der Waals surface area contributed by atoms with E-state index in [1.165, 1.54) is 19.1 Å². The first kappa shape index (κ1) is 15.9. The molecule has 5 nitrogen and oxygen atoms in total. The summed E-state index contributed by atoms with van der Waals surface area (Å²) in [4.78, 5) is 22.0. The Kier molecular flexibility index (Phi) is 7.10. The number of rotatable bonds is 7. The summed E-state index contributed by atoms with van der Waals surface area (Å²) in [5.41, 5.74) is 0.915. The van der Waals surface area contributed by atoms with Crippen LogP contribution < -0.4 is 16.0 Å². The van der Waals surface area contributed by atoms with Gasteiger partial charge in [0, 0.05) is 26.6 Å². The molecular weight excluding hydrogens is 261 g/mol. The van der Waals surface area contributed by atoms with Gasteiger partial charge in [-0.25, -0.2) is 9.18 Å². The maximum Gasteiger partial charge on any atom is 0.314 e. The molecule has 0 aliphatic rings. The molecule has 0 bridgehead atoms. The molecule has 0 radical (unpaired) electrons. The van der Waals surface area contributed by atoms with Crippen molar-refractivity contribution in [3.8, 4) is 0 Å². The summed E-state index contributed by atoms with van der Waals surface area (Å²) in [7, 11) is 0. The molecule has 0 aromatic heterocycles. The van der Waals surface area contributed by atoms with Crippen LogP contribution in [-0.4, -0.2) is 31.6 Å². The molecule has 0 unspecified atom stereocenters. The van der Waals surface area contributed by atoms with Gasteiger partial charge in [0.25, 0.3) is 0 Å². The molecule has 0 aliphatic heterocycles. The van der Waals surface area contributed by atoms with Crippen LogP contribution in [0.25, 0.3) is 0 Å². The van der Waals surface area contributed by atoms with E-state index in [0.29, 0.717) is 26.1 Å². The molecule has 0 saturated carbocycles. The van der Waals surface area contributed by atoms with Crippen LogP contribution in [0.2, 0.25) is 0 Å². The third-order valence-corrected chi connectivity index (χ3v) is 2.60. The van der Waals surface area contributed by atoms with Crippen molar-refractivity contribution in [1.82, 2.24) is 16.0 Å². The van der Waals surface area contributed by atoms with Crippen molar-refractivity contribution in [1.29, 1.82) is 0 Å². The number of benzene rings is 1. The van der Waals surface area contributed by atoms with E-state index in [2.05, 4.69) is 16.0 Å². The molecule has 0 heterocycles. The molecule has 3 amide bonds. The van der Waals surface area contributed by atoms with Crippen LogP contribution in [0, 0.1) is 5.82 Å². The van der Waals surface area contributed by atoms with E-state index in [1.54, 1.807) is 6.07 Å². The summed E-state index contributed by atoms with van der Waals surface area (Å²) in [6, 6.07) is 6.16. The van der Waals surface area contributed by atoms with E-state index in [9.17, 15) is 14.0 Å². The number of hydrogen-bond donors (Lipinski definition) is 3. The van der Waals surface area contributed by atoms with E-state index in [4.69, 9.17) is 0 Å². The van der Waals surface area contributed by atoms with Gasteiger partial charge in [-0.15, -0.1) is 0 Å². The maximum atomic E-state index is 12.9. The van der Waals surface area contributed by atoms with Gasteiger partial charge < -0.3 is 16.0 Å². The summed E-state index contributed by atoms with van der Waals surface area (Å²) < 4.78 is 12.9. The third-order valence-electron chi connectivity index (χ3n) is 2.60. The normalized spacial score (nSPS) is 9.90. The minimum atomic E-state index is -0.269. The van der Waals surface area contributed by atoms with Crippen molar-refractivity contribution >= 4 is 11.9 Å². The van der Waals surface area contributed by atoms with Gasteiger partial charge in [0.05, 0.1) is 0 Å². The second-order valence-electron chi connectivity index (χ2n) is 4.40. The fourth-order valence-corrected chi connectivity index (χ4v) is 1.66. The van der Waals surface area contributed by atoms with Gasteiger partial charge in [-0.1, -0.05) is 12.1 Å². The first-order valence-corrected chi connectivity index (χ1v) is 6.58. The lowest BCUT2D eigenvalue weighted by Gasteiger charge is -2.08. The Balaban J connectivity index is 2.06. The molecule has 1 aromatic carbocycles. The number of hydrogen-bond acceptors (Lipinski definition) is 2. The third kappa shape index (κ3) is 7.35. The molecule has 6 heteroatoms. The van der Waals surface area contributed by atoms with Crippen molar-refractivity contribution in [2.45, 2.75) is 19.8 Å². The zero-order chi connectivity index (χ0) is 14.8. The molecule has 20 heavy (non-hydrogen) atoms. The summed E-state index contributed by atoms with van der Waals surface area (Å²) in [6.07, 6.45) is 1.45. The quantitative estimate of drug-likeness (QED) is 0.657. The number of halogens is 1. The van der Waals surface area contributed by atoms with Crippen LogP contribution >= 0.6 is 0 Å². The number of amides is 3. The minimum Gasteiger partial charge on any atom is -0.355 e. The van der Waals surface area contributed by atoms with Crippen molar-refractivity contribution in [3.05, 3.63) is 35.6 Å². The van der Waals surface area contributed by atoms with Gasteiger partial charge in [0.1, 0.15) is 5.82 Å². The van der Waals surface area contributed by atoms with Crippen molar-refractivity contribution in [2.75, 3.05) is 19.6 Å². The summed E-state index contributed by atoms with van der Waals surface area (Å²) in [5, 5.41) is 7.90. The zero-order valence-electron chi connectivity index (χ0n) is 11.5. The standard InChI is InChI=1S/C14H20FN3O2/c1-11(19)16-8-9-18-14(20)17-7-3-5-12-4-2-6-13(15)10-12/h2,4,6,10H,3,5,7-9H2,1H3,(H,16,19)(H2,17,18,20). The van der Waals surface area contributed by atoms with Crippen LogP contribution in [-0.2, 0) is 11.2 Å². The first-order chi connectivity index (χ1) is 9.58. The highest BCUT2D eigenvalue weighted by Crippen LogP contribution is 2.05. The average molecular weight is 281 g/mol. The Bertz CT molecular complexity index is 452. The highest BCUT2D eigenvalue weighted by atomic mass is 19.1. The Morgan fingerprint density at radius 3 is 2.50 bits per heavy atom. The van der Waals surface area contributed by atoms with Gasteiger partial charge in [-0.2, -0.15) is 0 Å². The van der Waals surface area contributed by atoms with Gasteiger partial charge in [0.15, 0.2) is 0 Å². The highest BCUT2D eigenvalue weighted by Gasteiger charge is 2.00. The zero-order valence-corrected chi connectivity index (χ0v) is 11.5. The van der Waals surface area contributed by atoms with E-state index < -0.39 is 0 Å². The van der Waals surface area contributed by atoms with Crippen LogP contribution in [0.3, 0.4) is 0 Å². The Hall–Kier alpha value is -2.11. The molecule has 0 fully saturated rings. The van der Waals surface area contributed by atoms with Crippen molar-refractivity contribution < 1.29 is 14.0 Å². The molecule has 1 rings (SSSR count). The van der Waals surface area contributed by atoms with Gasteiger partial charge in [-0.05, 0) is 30.5 Å². The van der Waals surface area contributed by atoms with E-state index >= 15 is 0 Å². The number of urea groups is 1.